The maximum atomic E-state index is 5.56. The van der Waals surface area contributed by atoms with Gasteiger partial charge in [0, 0.05) is 6.61 Å². The van der Waals surface area contributed by atoms with Crippen molar-refractivity contribution in [2.75, 3.05) is 139 Å². The highest BCUT2D eigenvalue weighted by Crippen LogP contribution is 2.00. The second-order valence-electron chi connectivity index (χ2n) is 8.25. The molecule has 1 rings (SSSR count). The first kappa shape index (κ1) is 36.8. The van der Waals surface area contributed by atoms with Crippen LogP contribution in [0.4, 0.5) is 0 Å². The van der Waals surface area contributed by atoms with Crippen molar-refractivity contribution < 1.29 is 52.1 Å². The van der Waals surface area contributed by atoms with Crippen LogP contribution in [-0.2, 0) is 58.7 Å². The van der Waals surface area contributed by atoms with Crippen LogP contribution in [0.1, 0.15) is 12.5 Å². The Balaban J connectivity index is 1.62. The van der Waals surface area contributed by atoms with Gasteiger partial charge in [-0.3, -0.25) is 0 Å². The summed E-state index contributed by atoms with van der Waals surface area (Å²) in [5.74, 6) is 0. The molecule has 0 aliphatic heterocycles. The maximum absolute atomic E-state index is 5.56. The van der Waals surface area contributed by atoms with Crippen molar-refractivity contribution in [1.82, 2.24) is 0 Å². The van der Waals surface area contributed by atoms with E-state index in [1.165, 1.54) is 0 Å². The van der Waals surface area contributed by atoms with Gasteiger partial charge in [-0.2, -0.15) is 0 Å². The average molecular weight is 577 g/mol. The highest BCUT2D eigenvalue weighted by molar-refractivity contribution is 5.13. The van der Waals surface area contributed by atoms with Gasteiger partial charge in [0.2, 0.25) is 0 Å². The fourth-order valence-electron chi connectivity index (χ4n) is 3.01. The molecular weight excluding hydrogens is 524 g/mol. The minimum atomic E-state index is 0.521. The number of benzene rings is 1. The summed E-state index contributed by atoms with van der Waals surface area (Å²) in [6.45, 7) is 14.1. The number of ether oxygens (including phenoxy) is 11. The molecule has 0 aliphatic rings. The highest BCUT2D eigenvalue weighted by atomic mass is 16.6. The van der Waals surface area contributed by atoms with E-state index in [0.717, 1.165) is 5.56 Å². The van der Waals surface area contributed by atoms with Crippen LogP contribution in [0.15, 0.2) is 30.3 Å². The third-order valence-corrected chi connectivity index (χ3v) is 5.04. The molecule has 1 aromatic carbocycles. The largest absolute Gasteiger partial charge is 0.379 e. The Morgan fingerprint density at radius 2 is 0.575 bits per heavy atom. The maximum Gasteiger partial charge on any atom is 0.0718 e. The minimum Gasteiger partial charge on any atom is -0.379 e. The lowest BCUT2D eigenvalue weighted by atomic mass is 10.2. The Hall–Kier alpha value is -1.22. The highest BCUT2D eigenvalue weighted by Gasteiger charge is 1.96. The molecule has 1 aromatic rings. The van der Waals surface area contributed by atoms with Gasteiger partial charge in [-0.1, -0.05) is 30.3 Å². The van der Waals surface area contributed by atoms with E-state index in [2.05, 4.69) is 0 Å². The van der Waals surface area contributed by atoms with Crippen LogP contribution in [0.3, 0.4) is 0 Å². The molecule has 11 heteroatoms. The van der Waals surface area contributed by atoms with Crippen molar-refractivity contribution in [2.24, 2.45) is 0 Å². The molecule has 11 nitrogen and oxygen atoms in total. The second-order valence-corrected chi connectivity index (χ2v) is 8.25. The zero-order valence-electron chi connectivity index (χ0n) is 24.4. The van der Waals surface area contributed by atoms with E-state index in [0.29, 0.717) is 145 Å². The molecule has 0 bridgehead atoms. The van der Waals surface area contributed by atoms with Crippen LogP contribution < -0.4 is 0 Å². The molecule has 40 heavy (non-hydrogen) atoms. The molecule has 0 saturated heterocycles. The van der Waals surface area contributed by atoms with E-state index < -0.39 is 0 Å². The molecule has 0 amide bonds. The Morgan fingerprint density at radius 1 is 0.325 bits per heavy atom. The predicted molar refractivity (Wildman–Crippen MR) is 150 cm³/mol. The summed E-state index contributed by atoms with van der Waals surface area (Å²) in [5.41, 5.74) is 1.16. The molecule has 0 unspecified atom stereocenters. The second kappa shape index (κ2) is 32.3. The van der Waals surface area contributed by atoms with Crippen LogP contribution in [0.25, 0.3) is 0 Å². The van der Waals surface area contributed by atoms with Crippen molar-refractivity contribution in [1.29, 1.82) is 0 Å². The van der Waals surface area contributed by atoms with Gasteiger partial charge in [0.1, 0.15) is 0 Å². The van der Waals surface area contributed by atoms with Crippen LogP contribution in [-0.4, -0.2) is 139 Å². The summed E-state index contributed by atoms with van der Waals surface area (Å²) in [5, 5.41) is 0. The smallest absolute Gasteiger partial charge is 0.0718 e. The van der Waals surface area contributed by atoms with Gasteiger partial charge < -0.3 is 52.1 Å². The summed E-state index contributed by atoms with van der Waals surface area (Å²) >= 11 is 0. The lowest BCUT2D eigenvalue weighted by Gasteiger charge is -2.09. The lowest BCUT2D eigenvalue weighted by Crippen LogP contribution is -2.15. The van der Waals surface area contributed by atoms with Crippen molar-refractivity contribution in [3.8, 4) is 0 Å². The average Bonchev–Trinajstić information content (AvgIpc) is 2.98. The summed E-state index contributed by atoms with van der Waals surface area (Å²) in [4.78, 5) is 0. The molecule has 234 valence electrons. The summed E-state index contributed by atoms with van der Waals surface area (Å²) in [7, 11) is 0. The van der Waals surface area contributed by atoms with E-state index in [9.17, 15) is 0 Å². The van der Waals surface area contributed by atoms with Gasteiger partial charge in [-0.05, 0) is 12.5 Å². The number of hydrogen-bond donors (Lipinski definition) is 0. The van der Waals surface area contributed by atoms with E-state index >= 15 is 0 Å². The Bertz CT molecular complexity index is 595. The van der Waals surface area contributed by atoms with E-state index in [-0.39, 0.29) is 0 Å². The van der Waals surface area contributed by atoms with Gasteiger partial charge in [0.05, 0.1) is 139 Å². The standard InChI is InChI=1S/C29H52O11/c1-2-30-8-9-31-10-11-32-12-13-33-14-15-34-16-17-35-18-19-36-20-21-37-22-23-38-24-25-39-26-27-40-28-29-6-4-3-5-7-29/h3-7H,2,8-28H2,1H3. The van der Waals surface area contributed by atoms with Crippen LogP contribution in [0, 0.1) is 0 Å². The molecule has 0 heterocycles. The topological polar surface area (TPSA) is 102 Å². The summed E-state index contributed by atoms with van der Waals surface area (Å²) < 4.78 is 59.8. The number of rotatable bonds is 33. The normalized spacial score (nSPS) is 11.4. The SMILES string of the molecule is CCOCCOCCOCCOCCOCCOCCOCCOCCOCCOCCOCc1ccccc1. The number of hydrogen-bond acceptors (Lipinski definition) is 11. The van der Waals surface area contributed by atoms with Gasteiger partial charge in [-0.25, -0.2) is 0 Å². The monoisotopic (exact) mass is 576 g/mol. The van der Waals surface area contributed by atoms with Gasteiger partial charge in [0.15, 0.2) is 0 Å². The third-order valence-electron chi connectivity index (χ3n) is 5.04. The third kappa shape index (κ3) is 28.3. The van der Waals surface area contributed by atoms with E-state index in [4.69, 9.17) is 52.1 Å². The molecular formula is C29H52O11. The van der Waals surface area contributed by atoms with Crippen LogP contribution >= 0.6 is 0 Å². The van der Waals surface area contributed by atoms with Crippen molar-refractivity contribution >= 4 is 0 Å². The first-order chi connectivity index (χ1) is 19.9. The Kier molecular flexibility index (Phi) is 29.7. The minimum absolute atomic E-state index is 0.521. The summed E-state index contributed by atoms with van der Waals surface area (Å²) in [6, 6.07) is 10.1. The molecule has 0 aliphatic carbocycles. The molecule has 0 radical (unpaired) electrons. The molecule has 0 aromatic heterocycles. The van der Waals surface area contributed by atoms with Gasteiger partial charge in [0.25, 0.3) is 0 Å². The molecule has 0 N–H and O–H groups in total. The molecule has 0 spiro atoms. The van der Waals surface area contributed by atoms with E-state index in [1.807, 2.05) is 37.3 Å². The molecule has 0 atom stereocenters. The van der Waals surface area contributed by atoms with Crippen molar-refractivity contribution in [3.05, 3.63) is 35.9 Å². The van der Waals surface area contributed by atoms with Gasteiger partial charge >= 0.3 is 0 Å². The fourth-order valence-corrected chi connectivity index (χ4v) is 3.01. The zero-order chi connectivity index (χ0) is 28.4. The molecule has 0 fully saturated rings. The fraction of sp³-hybridized carbons (Fsp3) is 0.793. The van der Waals surface area contributed by atoms with Gasteiger partial charge in [-0.15, -0.1) is 0 Å². The quantitative estimate of drug-likeness (QED) is 0.115. The lowest BCUT2D eigenvalue weighted by molar-refractivity contribution is -0.0276. The van der Waals surface area contributed by atoms with Crippen molar-refractivity contribution in [2.45, 2.75) is 13.5 Å². The van der Waals surface area contributed by atoms with Crippen LogP contribution in [0.5, 0.6) is 0 Å². The first-order valence-electron chi connectivity index (χ1n) is 14.3. The predicted octanol–water partition coefficient (Wildman–Crippen LogP) is 2.39. The van der Waals surface area contributed by atoms with Crippen molar-refractivity contribution in [3.63, 3.8) is 0 Å². The Labute approximate surface area is 240 Å². The van der Waals surface area contributed by atoms with Crippen LogP contribution in [0.2, 0.25) is 0 Å². The zero-order valence-corrected chi connectivity index (χ0v) is 24.4. The molecule has 0 saturated carbocycles. The Morgan fingerprint density at radius 3 is 0.850 bits per heavy atom. The summed E-state index contributed by atoms with van der Waals surface area (Å²) in [6.07, 6.45) is 0. The first-order valence-corrected chi connectivity index (χ1v) is 14.3. The van der Waals surface area contributed by atoms with E-state index in [1.54, 1.807) is 0 Å².